The molecule has 0 radical (unpaired) electrons. The molecule has 0 spiro atoms. The molecule has 0 heterocycles. The topological polar surface area (TPSA) is 46.5 Å². The molecule has 0 amide bonds. The first-order chi connectivity index (χ1) is 10.7. The third-order valence-electron chi connectivity index (χ3n) is 4.09. The molecule has 0 saturated heterocycles. The summed E-state index contributed by atoms with van der Waals surface area (Å²) in [6.45, 7) is 4.99. The Hall–Kier alpha value is -0.570. The second kappa shape index (κ2) is 16.8. The van der Waals surface area contributed by atoms with E-state index in [9.17, 15) is 4.79 Å². The van der Waals surface area contributed by atoms with Crippen LogP contribution < -0.4 is 0 Å². The molecule has 1 unspecified atom stereocenters. The highest BCUT2D eigenvalue weighted by Gasteiger charge is 2.12. The van der Waals surface area contributed by atoms with Gasteiger partial charge in [0.2, 0.25) is 0 Å². The lowest BCUT2D eigenvalue weighted by molar-refractivity contribution is -0.140. The van der Waals surface area contributed by atoms with Crippen molar-refractivity contribution in [1.82, 2.24) is 0 Å². The van der Waals surface area contributed by atoms with Crippen molar-refractivity contribution in [2.45, 2.75) is 110 Å². The molecule has 0 saturated carbocycles. The molecule has 22 heavy (non-hydrogen) atoms. The molecule has 0 rings (SSSR count). The van der Waals surface area contributed by atoms with Gasteiger partial charge in [0.15, 0.2) is 0 Å². The van der Waals surface area contributed by atoms with Crippen molar-refractivity contribution in [2.75, 3.05) is 6.61 Å². The Balaban J connectivity index is 3.39. The van der Waals surface area contributed by atoms with Gasteiger partial charge in [0, 0.05) is 6.61 Å². The Morgan fingerprint density at radius 3 is 1.77 bits per heavy atom. The molecule has 0 aliphatic carbocycles. The van der Waals surface area contributed by atoms with Crippen LogP contribution in [0.3, 0.4) is 0 Å². The molecule has 0 aliphatic heterocycles. The molecule has 1 atom stereocenters. The van der Waals surface area contributed by atoms with Crippen LogP contribution in [0.1, 0.15) is 104 Å². The average molecular weight is 315 g/mol. The van der Waals surface area contributed by atoms with Crippen LogP contribution in [0.25, 0.3) is 0 Å². The highest BCUT2D eigenvalue weighted by molar-refractivity contribution is 5.67. The second-order valence-electron chi connectivity index (χ2n) is 6.41. The maximum atomic E-state index is 10.8. The van der Waals surface area contributed by atoms with E-state index in [2.05, 4.69) is 13.8 Å². The van der Waals surface area contributed by atoms with Crippen LogP contribution >= 0.6 is 0 Å². The summed E-state index contributed by atoms with van der Waals surface area (Å²) < 4.78 is 5.61. The predicted molar refractivity (Wildman–Crippen MR) is 93.4 cm³/mol. The molecule has 132 valence electrons. The Morgan fingerprint density at radius 2 is 1.32 bits per heavy atom. The van der Waals surface area contributed by atoms with Crippen molar-refractivity contribution in [2.24, 2.45) is 0 Å². The van der Waals surface area contributed by atoms with Gasteiger partial charge in [-0.15, -0.1) is 0 Å². The molecule has 0 aliphatic rings. The monoisotopic (exact) mass is 314 g/mol. The van der Waals surface area contributed by atoms with Crippen molar-refractivity contribution in [3.05, 3.63) is 0 Å². The zero-order valence-electron chi connectivity index (χ0n) is 14.9. The summed E-state index contributed by atoms with van der Waals surface area (Å²) >= 11 is 0. The highest BCUT2D eigenvalue weighted by Crippen LogP contribution is 2.14. The van der Waals surface area contributed by atoms with Crippen LogP contribution in [-0.4, -0.2) is 23.8 Å². The number of hydrogen-bond donors (Lipinski definition) is 1. The van der Waals surface area contributed by atoms with Gasteiger partial charge in [0.1, 0.15) is 0 Å². The fourth-order valence-electron chi connectivity index (χ4n) is 2.76. The summed E-state index contributed by atoms with van der Waals surface area (Å²) in [5.74, 6) is -0.746. The van der Waals surface area contributed by atoms with Gasteiger partial charge in [0.05, 0.1) is 12.5 Å². The minimum atomic E-state index is -0.746. The van der Waals surface area contributed by atoms with Crippen molar-refractivity contribution < 1.29 is 14.6 Å². The molecule has 0 aromatic heterocycles. The van der Waals surface area contributed by atoms with E-state index in [0.29, 0.717) is 6.61 Å². The predicted octanol–water partition coefficient (Wildman–Crippen LogP) is 5.96. The maximum Gasteiger partial charge on any atom is 0.305 e. The summed E-state index contributed by atoms with van der Waals surface area (Å²) in [6, 6.07) is 0. The summed E-state index contributed by atoms with van der Waals surface area (Å²) in [5, 5.41) is 8.88. The lowest BCUT2D eigenvalue weighted by Gasteiger charge is -2.15. The Morgan fingerprint density at radius 1 is 0.818 bits per heavy atom. The van der Waals surface area contributed by atoms with E-state index >= 15 is 0 Å². The summed E-state index contributed by atoms with van der Waals surface area (Å²) in [4.78, 5) is 10.8. The number of aliphatic carboxylic acids is 1. The number of ether oxygens (including phenoxy) is 1. The van der Waals surface area contributed by atoms with E-state index < -0.39 is 5.97 Å². The standard InChI is InChI=1S/C19H38O3/c1-3-5-6-7-8-9-10-11-12-13-14-15-18(17-19(20)21)22-16-4-2/h18H,3-17H2,1-2H3,(H,20,21). The van der Waals surface area contributed by atoms with E-state index in [4.69, 9.17) is 9.84 Å². The third kappa shape index (κ3) is 15.8. The summed E-state index contributed by atoms with van der Waals surface area (Å²) in [7, 11) is 0. The van der Waals surface area contributed by atoms with Gasteiger partial charge in [-0.25, -0.2) is 0 Å². The molecular weight excluding hydrogens is 276 g/mol. The minimum Gasteiger partial charge on any atom is -0.481 e. The summed E-state index contributed by atoms with van der Waals surface area (Å²) in [5.41, 5.74) is 0. The van der Waals surface area contributed by atoms with Gasteiger partial charge in [-0.05, 0) is 12.8 Å². The van der Waals surface area contributed by atoms with Crippen molar-refractivity contribution in [1.29, 1.82) is 0 Å². The van der Waals surface area contributed by atoms with Gasteiger partial charge in [-0.1, -0.05) is 84.5 Å². The Kier molecular flexibility index (Phi) is 16.4. The first-order valence-electron chi connectivity index (χ1n) is 9.54. The third-order valence-corrected chi connectivity index (χ3v) is 4.09. The highest BCUT2D eigenvalue weighted by atomic mass is 16.5. The largest absolute Gasteiger partial charge is 0.481 e. The molecule has 0 bridgehead atoms. The molecule has 0 aromatic carbocycles. The van der Waals surface area contributed by atoms with Crippen LogP contribution in [0.2, 0.25) is 0 Å². The van der Waals surface area contributed by atoms with Crippen LogP contribution in [0.15, 0.2) is 0 Å². The van der Waals surface area contributed by atoms with Gasteiger partial charge < -0.3 is 9.84 Å². The van der Waals surface area contributed by atoms with Crippen molar-refractivity contribution >= 4 is 5.97 Å². The Labute approximate surface area is 137 Å². The van der Waals surface area contributed by atoms with E-state index in [1.54, 1.807) is 0 Å². The number of rotatable bonds is 17. The normalized spacial score (nSPS) is 12.5. The van der Waals surface area contributed by atoms with Gasteiger partial charge in [0.25, 0.3) is 0 Å². The molecule has 0 aromatic rings. The Bertz CT molecular complexity index is 241. The lowest BCUT2D eigenvalue weighted by atomic mass is 10.0. The number of carboxylic acids is 1. The van der Waals surface area contributed by atoms with Crippen molar-refractivity contribution in [3.8, 4) is 0 Å². The average Bonchev–Trinajstić information content (AvgIpc) is 2.49. The fraction of sp³-hybridized carbons (Fsp3) is 0.947. The molecule has 0 fully saturated rings. The van der Waals surface area contributed by atoms with Gasteiger partial charge >= 0.3 is 5.97 Å². The number of unbranched alkanes of at least 4 members (excludes halogenated alkanes) is 10. The van der Waals surface area contributed by atoms with E-state index in [1.807, 2.05) is 0 Å². The molecule has 3 heteroatoms. The van der Waals surface area contributed by atoms with Crippen molar-refractivity contribution in [3.63, 3.8) is 0 Å². The van der Waals surface area contributed by atoms with Gasteiger partial charge in [-0.2, -0.15) is 0 Å². The van der Waals surface area contributed by atoms with Gasteiger partial charge in [-0.3, -0.25) is 4.79 Å². The first-order valence-corrected chi connectivity index (χ1v) is 9.54. The van der Waals surface area contributed by atoms with Crippen LogP contribution in [-0.2, 0) is 9.53 Å². The molecular formula is C19H38O3. The van der Waals surface area contributed by atoms with Crippen LogP contribution in [0.4, 0.5) is 0 Å². The minimum absolute atomic E-state index is 0.0870. The van der Waals surface area contributed by atoms with E-state index in [1.165, 1.54) is 64.2 Å². The van der Waals surface area contributed by atoms with Crippen LogP contribution in [0.5, 0.6) is 0 Å². The SMILES string of the molecule is CCCCCCCCCCCCCC(CC(=O)O)OCCC. The number of hydrogen-bond acceptors (Lipinski definition) is 2. The lowest BCUT2D eigenvalue weighted by Crippen LogP contribution is -2.18. The number of carboxylic acid groups (broad SMARTS) is 1. The molecule has 1 N–H and O–H groups in total. The smallest absolute Gasteiger partial charge is 0.305 e. The quantitative estimate of drug-likeness (QED) is 0.337. The zero-order chi connectivity index (χ0) is 16.5. The van der Waals surface area contributed by atoms with Crippen LogP contribution in [0, 0.1) is 0 Å². The fourth-order valence-corrected chi connectivity index (χ4v) is 2.76. The zero-order valence-corrected chi connectivity index (χ0v) is 14.9. The maximum absolute atomic E-state index is 10.8. The molecule has 3 nitrogen and oxygen atoms in total. The summed E-state index contributed by atoms with van der Waals surface area (Å²) in [6.07, 6.45) is 16.5. The second-order valence-corrected chi connectivity index (χ2v) is 6.41. The van der Waals surface area contributed by atoms with E-state index in [-0.39, 0.29) is 12.5 Å². The van der Waals surface area contributed by atoms with E-state index in [0.717, 1.165) is 19.3 Å². The first kappa shape index (κ1) is 21.4. The number of carbonyl (C=O) groups is 1.